The van der Waals surface area contributed by atoms with E-state index in [9.17, 15) is 9.90 Å². The van der Waals surface area contributed by atoms with E-state index in [0.29, 0.717) is 12.1 Å². The monoisotopic (exact) mass is 349 g/mol. The number of rotatable bonds is 4. The Hall–Kier alpha value is -0.910. The molecule has 132 valence electrons. The van der Waals surface area contributed by atoms with Crippen LogP contribution in [0.4, 0.5) is 0 Å². The van der Waals surface area contributed by atoms with E-state index in [1.165, 1.54) is 17.8 Å². The Morgan fingerprint density at radius 1 is 1.25 bits per heavy atom. The van der Waals surface area contributed by atoms with Crippen LogP contribution in [-0.2, 0) is 15.1 Å². The zero-order valence-electron chi connectivity index (χ0n) is 14.3. The van der Waals surface area contributed by atoms with Crippen LogP contribution in [0.2, 0.25) is 0 Å². The third-order valence-corrected chi connectivity index (χ3v) is 7.52. The number of hydrogen-bond acceptors (Lipinski definition) is 5. The topological polar surface area (TPSA) is 49.8 Å². The first-order valence-electron chi connectivity index (χ1n) is 9.30. The Labute approximate surface area is 147 Å². The molecule has 0 unspecified atom stereocenters. The summed E-state index contributed by atoms with van der Waals surface area (Å²) in [7, 11) is 2.14. The molecule has 1 N–H and O–H groups in total. The highest BCUT2D eigenvalue weighted by atomic mass is 32.1. The van der Waals surface area contributed by atoms with E-state index < -0.39 is 11.6 Å². The number of carbonyl (C=O) groups is 1. The van der Waals surface area contributed by atoms with E-state index in [1.54, 1.807) is 0 Å². The molecule has 5 heteroatoms. The van der Waals surface area contributed by atoms with Gasteiger partial charge in [0, 0.05) is 22.9 Å². The lowest BCUT2D eigenvalue weighted by Gasteiger charge is -2.39. The molecule has 3 aliphatic rings. The van der Waals surface area contributed by atoms with Gasteiger partial charge in [-0.2, -0.15) is 0 Å². The maximum Gasteiger partial charge on any atom is 0.344 e. The Kier molecular flexibility index (Phi) is 4.43. The number of aliphatic hydroxyl groups is 1. The molecule has 0 amide bonds. The van der Waals surface area contributed by atoms with Gasteiger partial charge in [-0.15, -0.1) is 11.3 Å². The average molecular weight is 349 g/mol. The normalized spacial score (nSPS) is 33.5. The summed E-state index contributed by atoms with van der Waals surface area (Å²) in [5, 5.41) is 13.4. The van der Waals surface area contributed by atoms with Crippen molar-refractivity contribution < 1.29 is 14.6 Å². The summed E-state index contributed by atoms with van der Waals surface area (Å²) in [4.78, 5) is 16.2. The number of carbonyl (C=O) groups excluding carboxylic acids is 1. The Bertz CT molecular complexity index is 583. The van der Waals surface area contributed by atoms with Crippen molar-refractivity contribution in [3.8, 4) is 0 Å². The molecule has 4 nitrogen and oxygen atoms in total. The fourth-order valence-corrected chi connectivity index (χ4v) is 5.95. The first kappa shape index (κ1) is 16.6. The minimum atomic E-state index is -1.46. The molecule has 2 saturated heterocycles. The van der Waals surface area contributed by atoms with E-state index in [1.807, 2.05) is 17.5 Å². The summed E-state index contributed by atoms with van der Waals surface area (Å²) < 4.78 is 5.97. The maximum absolute atomic E-state index is 13.1. The van der Waals surface area contributed by atoms with Gasteiger partial charge in [-0.25, -0.2) is 4.79 Å². The molecule has 0 spiro atoms. The summed E-state index contributed by atoms with van der Waals surface area (Å²) in [6, 6.07) is 4.76. The lowest BCUT2D eigenvalue weighted by molar-refractivity contribution is -0.183. The third-order valence-electron chi connectivity index (χ3n) is 6.52. The molecule has 2 bridgehead atoms. The van der Waals surface area contributed by atoms with Gasteiger partial charge < -0.3 is 9.84 Å². The number of thiophene rings is 1. The van der Waals surface area contributed by atoms with Gasteiger partial charge in [0.2, 0.25) is 0 Å². The van der Waals surface area contributed by atoms with Crippen molar-refractivity contribution in [3.05, 3.63) is 22.4 Å². The molecule has 1 aromatic rings. The first-order valence-corrected chi connectivity index (χ1v) is 10.2. The predicted molar refractivity (Wildman–Crippen MR) is 93.9 cm³/mol. The van der Waals surface area contributed by atoms with Crippen molar-refractivity contribution in [2.24, 2.45) is 5.92 Å². The third kappa shape index (κ3) is 2.61. The Morgan fingerprint density at radius 2 is 2.00 bits per heavy atom. The molecular weight excluding hydrogens is 322 g/mol. The second kappa shape index (κ2) is 6.43. The van der Waals surface area contributed by atoms with Gasteiger partial charge in [0.05, 0.1) is 0 Å². The largest absolute Gasteiger partial charge is 0.458 e. The number of likely N-dealkylation sites (N-methyl/N-ethyl adjacent to an activating group) is 1. The summed E-state index contributed by atoms with van der Waals surface area (Å²) in [5.41, 5.74) is -1.46. The van der Waals surface area contributed by atoms with Crippen molar-refractivity contribution in [3.63, 3.8) is 0 Å². The van der Waals surface area contributed by atoms with Crippen LogP contribution in [0, 0.1) is 5.92 Å². The molecule has 24 heavy (non-hydrogen) atoms. The van der Waals surface area contributed by atoms with Crippen LogP contribution in [-0.4, -0.2) is 41.2 Å². The van der Waals surface area contributed by atoms with E-state index in [4.69, 9.17) is 4.74 Å². The Balaban J connectivity index is 1.56. The van der Waals surface area contributed by atoms with Crippen LogP contribution in [0.3, 0.4) is 0 Å². The quantitative estimate of drug-likeness (QED) is 0.848. The van der Waals surface area contributed by atoms with Crippen LogP contribution >= 0.6 is 11.3 Å². The molecule has 0 radical (unpaired) electrons. The SMILES string of the molecule is CN1[C@@H]2CC[C@H](OC(=O)[C@@](O)(c3cccs3)C3CCCC3)[C@H]1CC2. The summed E-state index contributed by atoms with van der Waals surface area (Å²) in [5.74, 6) is -0.429. The fourth-order valence-electron chi connectivity index (χ4n) is 5.06. The van der Waals surface area contributed by atoms with Gasteiger partial charge in [-0.05, 0) is 57.0 Å². The summed E-state index contributed by atoms with van der Waals surface area (Å²) in [6.07, 6.45) is 8.22. The Morgan fingerprint density at radius 3 is 2.71 bits per heavy atom. The minimum absolute atomic E-state index is 0.0127. The van der Waals surface area contributed by atoms with Gasteiger partial charge in [0.15, 0.2) is 5.60 Å². The number of nitrogens with zero attached hydrogens (tertiary/aromatic N) is 1. The maximum atomic E-state index is 13.1. The molecule has 2 aliphatic heterocycles. The lowest BCUT2D eigenvalue weighted by atomic mass is 9.84. The fraction of sp³-hybridized carbons (Fsp3) is 0.737. The van der Waals surface area contributed by atoms with Crippen LogP contribution < -0.4 is 0 Å². The lowest BCUT2D eigenvalue weighted by Crippen LogP contribution is -2.50. The number of fused-ring (bicyclic) bond motifs is 2. The molecule has 1 aromatic heterocycles. The zero-order chi connectivity index (χ0) is 16.7. The van der Waals surface area contributed by atoms with Crippen LogP contribution in [0.1, 0.15) is 56.2 Å². The number of piperidine rings is 1. The van der Waals surface area contributed by atoms with Gasteiger partial charge in [-0.1, -0.05) is 18.9 Å². The second-order valence-electron chi connectivity index (χ2n) is 7.71. The summed E-state index contributed by atoms with van der Waals surface area (Å²) in [6.45, 7) is 0. The highest BCUT2D eigenvalue weighted by molar-refractivity contribution is 7.10. The van der Waals surface area contributed by atoms with E-state index >= 15 is 0 Å². The highest BCUT2D eigenvalue weighted by Crippen LogP contribution is 2.44. The molecule has 4 rings (SSSR count). The first-order chi connectivity index (χ1) is 11.6. The zero-order valence-corrected chi connectivity index (χ0v) is 15.1. The molecule has 0 aromatic carbocycles. The molecule has 3 fully saturated rings. The van der Waals surface area contributed by atoms with Crippen molar-refractivity contribution >= 4 is 17.3 Å². The van der Waals surface area contributed by atoms with Gasteiger partial charge >= 0.3 is 5.97 Å². The van der Waals surface area contributed by atoms with E-state index in [2.05, 4.69) is 11.9 Å². The molecule has 3 heterocycles. The molecular formula is C19H27NO3S. The minimum Gasteiger partial charge on any atom is -0.458 e. The van der Waals surface area contributed by atoms with Crippen molar-refractivity contribution in [1.29, 1.82) is 0 Å². The second-order valence-corrected chi connectivity index (χ2v) is 8.66. The predicted octanol–water partition coefficient (Wildman–Crippen LogP) is 3.29. The number of ether oxygens (including phenoxy) is 1. The highest BCUT2D eigenvalue weighted by Gasteiger charge is 2.51. The number of hydrogen-bond donors (Lipinski definition) is 1. The smallest absolute Gasteiger partial charge is 0.344 e. The van der Waals surface area contributed by atoms with E-state index in [-0.39, 0.29) is 12.0 Å². The van der Waals surface area contributed by atoms with Crippen LogP contribution in [0.5, 0.6) is 0 Å². The van der Waals surface area contributed by atoms with Crippen LogP contribution in [0.25, 0.3) is 0 Å². The van der Waals surface area contributed by atoms with Gasteiger partial charge in [-0.3, -0.25) is 4.90 Å². The van der Waals surface area contributed by atoms with Crippen LogP contribution in [0.15, 0.2) is 17.5 Å². The van der Waals surface area contributed by atoms with E-state index in [0.717, 1.165) is 49.8 Å². The van der Waals surface area contributed by atoms with Gasteiger partial charge in [0.25, 0.3) is 0 Å². The average Bonchev–Trinajstić information content (AvgIpc) is 3.31. The molecule has 1 aliphatic carbocycles. The molecule has 4 atom stereocenters. The van der Waals surface area contributed by atoms with Crippen molar-refractivity contribution in [1.82, 2.24) is 4.90 Å². The molecule has 1 saturated carbocycles. The van der Waals surface area contributed by atoms with Crippen molar-refractivity contribution in [2.45, 2.75) is 75.2 Å². The standard InChI is InChI=1S/C19H27NO3S/c1-20-14-8-10-15(20)16(11-9-14)23-18(21)19(22,13-5-2-3-6-13)17-7-4-12-24-17/h4,7,12-16,22H,2-3,5-6,8-11H2,1H3/t14-,15+,16-,19-/m0/s1. The number of esters is 1. The van der Waals surface area contributed by atoms with Crippen molar-refractivity contribution in [2.75, 3.05) is 7.05 Å². The summed E-state index contributed by atoms with van der Waals surface area (Å²) >= 11 is 1.46. The van der Waals surface area contributed by atoms with Gasteiger partial charge in [0.1, 0.15) is 6.10 Å².